The van der Waals surface area contributed by atoms with Crippen LogP contribution in [0.4, 0.5) is 0 Å². The first-order chi connectivity index (χ1) is 8.11. The van der Waals surface area contributed by atoms with E-state index in [1.54, 1.807) is 6.33 Å². The van der Waals surface area contributed by atoms with Crippen LogP contribution in [0.5, 0.6) is 0 Å². The predicted molar refractivity (Wildman–Crippen MR) is 72.0 cm³/mol. The molecule has 1 aromatic heterocycles. The van der Waals surface area contributed by atoms with Gasteiger partial charge in [-0.15, -0.1) is 0 Å². The van der Waals surface area contributed by atoms with Crippen molar-refractivity contribution in [2.45, 2.75) is 46.2 Å². The number of H-pyrrole nitrogens is 1. The Morgan fingerprint density at radius 1 is 1.41 bits per heavy atom. The SMILES string of the molecule is Cc1[nH]cnc1CNCCCCN(C)C(C)C. The quantitative estimate of drug-likeness (QED) is 0.680. The number of aromatic nitrogens is 2. The molecule has 0 unspecified atom stereocenters. The highest BCUT2D eigenvalue weighted by molar-refractivity contribution is 5.07. The maximum atomic E-state index is 4.26. The van der Waals surface area contributed by atoms with E-state index < -0.39 is 0 Å². The van der Waals surface area contributed by atoms with E-state index in [4.69, 9.17) is 0 Å². The van der Waals surface area contributed by atoms with Crippen LogP contribution in [0.15, 0.2) is 6.33 Å². The largest absolute Gasteiger partial charge is 0.348 e. The summed E-state index contributed by atoms with van der Waals surface area (Å²) in [7, 11) is 2.19. The van der Waals surface area contributed by atoms with E-state index in [0.717, 1.165) is 24.5 Å². The number of imidazole rings is 1. The van der Waals surface area contributed by atoms with Crippen molar-refractivity contribution in [3.8, 4) is 0 Å². The summed E-state index contributed by atoms with van der Waals surface area (Å²) in [6.45, 7) is 9.65. The fourth-order valence-corrected chi connectivity index (χ4v) is 1.64. The van der Waals surface area contributed by atoms with Gasteiger partial charge in [-0.25, -0.2) is 4.98 Å². The Bertz CT molecular complexity index is 306. The summed E-state index contributed by atoms with van der Waals surface area (Å²) in [6, 6.07) is 0.648. The van der Waals surface area contributed by atoms with Gasteiger partial charge in [0.2, 0.25) is 0 Å². The summed E-state index contributed by atoms with van der Waals surface area (Å²) in [5.41, 5.74) is 2.29. The van der Waals surface area contributed by atoms with E-state index in [-0.39, 0.29) is 0 Å². The molecule has 4 heteroatoms. The molecule has 1 aromatic rings. The van der Waals surface area contributed by atoms with E-state index in [1.165, 1.54) is 19.4 Å². The van der Waals surface area contributed by atoms with Crippen LogP contribution in [-0.4, -0.2) is 41.0 Å². The first-order valence-electron chi connectivity index (χ1n) is 6.51. The van der Waals surface area contributed by atoms with Crippen molar-refractivity contribution in [1.82, 2.24) is 20.2 Å². The highest BCUT2D eigenvalue weighted by atomic mass is 15.1. The average molecular weight is 238 g/mol. The number of rotatable bonds is 8. The zero-order valence-corrected chi connectivity index (χ0v) is 11.6. The van der Waals surface area contributed by atoms with Gasteiger partial charge in [-0.05, 0) is 53.8 Å². The van der Waals surface area contributed by atoms with Crippen molar-refractivity contribution >= 4 is 0 Å². The van der Waals surface area contributed by atoms with Gasteiger partial charge in [0.05, 0.1) is 12.0 Å². The monoisotopic (exact) mass is 238 g/mol. The van der Waals surface area contributed by atoms with Gasteiger partial charge < -0.3 is 15.2 Å². The first-order valence-corrected chi connectivity index (χ1v) is 6.51. The Balaban J connectivity index is 2.00. The molecule has 17 heavy (non-hydrogen) atoms. The topological polar surface area (TPSA) is 44.0 Å². The smallest absolute Gasteiger partial charge is 0.0925 e. The summed E-state index contributed by atoms with van der Waals surface area (Å²) in [5.74, 6) is 0. The van der Waals surface area contributed by atoms with Crippen LogP contribution in [0.3, 0.4) is 0 Å². The standard InChI is InChI=1S/C13H26N4/c1-11(2)17(4)8-6-5-7-14-9-13-12(3)15-10-16-13/h10-11,14H,5-9H2,1-4H3,(H,15,16). The average Bonchev–Trinajstić information content (AvgIpc) is 2.68. The van der Waals surface area contributed by atoms with Crippen molar-refractivity contribution in [1.29, 1.82) is 0 Å². The van der Waals surface area contributed by atoms with Crippen LogP contribution in [0.2, 0.25) is 0 Å². The molecule has 1 heterocycles. The molecule has 0 saturated heterocycles. The summed E-state index contributed by atoms with van der Waals surface area (Å²) in [6.07, 6.45) is 4.23. The van der Waals surface area contributed by atoms with E-state index in [2.05, 4.69) is 48.0 Å². The molecular formula is C13H26N4. The molecule has 0 fully saturated rings. The number of aryl methyl sites for hydroxylation is 1. The second-order valence-corrected chi connectivity index (χ2v) is 4.93. The minimum atomic E-state index is 0.648. The van der Waals surface area contributed by atoms with Gasteiger partial charge in [0.1, 0.15) is 0 Å². The summed E-state index contributed by atoms with van der Waals surface area (Å²) in [4.78, 5) is 9.74. The van der Waals surface area contributed by atoms with Crippen LogP contribution in [0, 0.1) is 6.92 Å². The zero-order chi connectivity index (χ0) is 12.7. The van der Waals surface area contributed by atoms with Crippen molar-refractivity contribution in [2.75, 3.05) is 20.1 Å². The molecular weight excluding hydrogens is 212 g/mol. The third kappa shape index (κ3) is 5.33. The zero-order valence-electron chi connectivity index (χ0n) is 11.6. The highest BCUT2D eigenvalue weighted by Crippen LogP contribution is 2.00. The molecule has 2 N–H and O–H groups in total. The summed E-state index contributed by atoms with van der Waals surface area (Å²) in [5, 5.41) is 3.43. The fourth-order valence-electron chi connectivity index (χ4n) is 1.64. The predicted octanol–water partition coefficient (Wildman–Crippen LogP) is 1.93. The van der Waals surface area contributed by atoms with Gasteiger partial charge >= 0.3 is 0 Å². The highest BCUT2D eigenvalue weighted by Gasteiger charge is 2.02. The first kappa shape index (κ1) is 14.2. The van der Waals surface area contributed by atoms with Gasteiger partial charge in [-0.1, -0.05) is 0 Å². The number of aromatic amines is 1. The van der Waals surface area contributed by atoms with Crippen LogP contribution in [0.25, 0.3) is 0 Å². The van der Waals surface area contributed by atoms with Crippen molar-refractivity contribution in [3.05, 3.63) is 17.7 Å². The lowest BCUT2D eigenvalue weighted by Gasteiger charge is -2.20. The fraction of sp³-hybridized carbons (Fsp3) is 0.769. The minimum absolute atomic E-state index is 0.648. The molecule has 0 bridgehead atoms. The Kier molecular flexibility index (Phi) is 6.22. The van der Waals surface area contributed by atoms with Crippen molar-refractivity contribution in [3.63, 3.8) is 0 Å². The van der Waals surface area contributed by atoms with Gasteiger partial charge in [-0.3, -0.25) is 0 Å². The molecule has 0 aromatic carbocycles. The number of nitrogens with one attached hydrogen (secondary N) is 2. The molecule has 4 nitrogen and oxygen atoms in total. The second kappa shape index (κ2) is 7.45. The van der Waals surface area contributed by atoms with Crippen molar-refractivity contribution in [2.24, 2.45) is 0 Å². The number of nitrogens with zero attached hydrogens (tertiary/aromatic N) is 2. The van der Waals surface area contributed by atoms with Crippen LogP contribution in [0.1, 0.15) is 38.1 Å². The number of hydrogen-bond donors (Lipinski definition) is 2. The Morgan fingerprint density at radius 2 is 2.18 bits per heavy atom. The van der Waals surface area contributed by atoms with Gasteiger partial charge in [0, 0.05) is 18.3 Å². The van der Waals surface area contributed by atoms with Gasteiger partial charge in [0.15, 0.2) is 0 Å². The van der Waals surface area contributed by atoms with E-state index in [1.807, 2.05) is 0 Å². The molecule has 0 amide bonds. The molecule has 0 aliphatic carbocycles. The Hall–Kier alpha value is -0.870. The van der Waals surface area contributed by atoms with Crippen LogP contribution >= 0.6 is 0 Å². The van der Waals surface area contributed by atoms with E-state index >= 15 is 0 Å². The normalized spacial score (nSPS) is 11.6. The molecule has 0 aliphatic rings. The van der Waals surface area contributed by atoms with E-state index in [9.17, 15) is 0 Å². The third-order valence-corrected chi connectivity index (χ3v) is 3.22. The van der Waals surface area contributed by atoms with Crippen LogP contribution in [-0.2, 0) is 6.54 Å². The summed E-state index contributed by atoms with van der Waals surface area (Å²) < 4.78 is 0. The molecule has 98 valence electrons. The van der Waals surface area contributed by atoms with Gasteiger partial charge in [0.25, 0.3) is 0 Å². The number of hydrogen-bond acceptors (Lipinski definition) is 3. The van der Waals surface area contributed by atoms with E-state index in [0.29, 0.717) is 6.04 Å². The second-order valence-electron chi connectivity index (χ2n) is 4.93. The van der Waals surface area contributed by atoms with Crippen molar-refractivity contribution < 1.29 is 0 Å². The van der Waals surface area contributed by atoms with Gasteiger partial charge in [-0.2, -0.15) is 0 Å². The lowest BCUT2D eigenvalue weighted by molar-refractivity contribution is 0.268. The molecule has 0 saturated carbocycles. The lowest BCUT2D eigenvalue weighted by atomic mass is 10.2. The molecule has 0 atom stereocenters. The maximum absolute atomic E-state index is 4.26. The number of unbranched alkanes of at least 4 members (excludes halogenated alkanes) is 1. The third-order valence-electron chi connectivity index (χ3n) is 3.22. The Labute approximate surface area is 105 Å². The van der Waals surface area contributed by atoms with Crippen LogP contribution < -0.4 is 5.32 Å². The Morgan fingerprint density at radius 3 is 2.76 bits per heavy atom. The maximum Gasteiger partial charge on any atom is 0.0925 e. The molecule has 0 spiro atoms. The lowest BCUT2D eigenvalue weighted by Crippen LogP contribution is -2.27. The molecule has 0 radical (unpaired) electrons. The molecule has 0 aliphatic heterocycles. The molecule has 1 rings (SSSR count). The summed E-state index contributed by atoms with van der Waals surface area (Å²) >= 11 is 0. The minimum Gasteiger partial charge on any atom is -0.348 e.